The van der Waals surface area contributed by atoms with Gasteiger partial charge in [0.05, 0.1) is 33.3 Å². The lowest BCUT2D eigenvalue weighted by Crippen LogP contribution is -2.20. The summed E-state index contributed by atoms with van der Waals surface area (Å²) in [6.07, 6.45) is 1.51. The molecule has 1 N–H and O–H groups in total. The highest BCUT2D eigenvalue weighted by atomic mass is 32.2. The van der Waals surface area contributed by atoms with E-state index in [9.17, 15) is 4.79 Å². The number of carbonyl (C=O) groups excluding carboxylic acids is 1. The summed E-state index contributed by atoms with van der Waals surface area (Å²) < 4.78 is 18.0. The van der Waals surface area contributed by atoms with Gasteiger partial charge in [0.15, 0.2) is 22.5 Å². The van der Waals surface area contributed by atoms with Gasteiger partial charge in [0.1, 0.15) is 0 Å². The molecule has 0 aliphatic rings. The van der Waals surface area contributed by atoms with Crippen molar-refractivity contribution in [3.8, 4) is 34.3 Å². The zero-order valence-corrected chi connectivity index (χ0v) is 21.8. The summed E-state index contributed by atoms with van der Waals surface area (Å²) >= 11 is 1.28. The monoisotopic (exact) mass is 517 g/mol. The number of ether oxygens (including phenoxy) is 3. The fourth-order valence-corrected chi connectivity index (χ4v) is 4.33. The Morgan fingerprint density at radius 2 is 1.65 bits per heavy atom. The quantitative estimate of drug-likeness (QED) is 0.188. The molecule has 0 radical (unpaired) electrons. The van der Waals surface area contributed by atoms with Crippen LogP contribution >= 0.6 is 11.8 Å². The molecule has 0 bridgehead atoms. The van der Waals surface area contributed by atoms with Gasteiger partial charge in [-0.15, -0.1) is 10.2 Å². The zero-order chi connectivity index (χ0) is 26.2. The lowest BCUT2D eigenvalue weighted by Gasteiger charge is -2.12. The SMILES string of the molecule is COc1cc(/C=N/NC(=O)CSc2nnc(-c3ccccc3)n2-c2ccc(C)cc2)cc(OC)c1OC. The van der Waals surface area contributed by atoms with E-state index in [1.54, 1.807) is 12.1 Å². The minimum atomic E-state index is -0.284. The average molecular weight is 518 g/mol. The van der Waals surface area contributed by atoms with Crippen LogP contribution in [0.1, 0.15) is 11.1 Å². The third-order valence-electron chi connectivity index (χ3n) is 5.38. The van der Waals surface area contributed by atoms with E-state index >= 15 is 0 Å². The smallest absolute Gasteiger partial charge is 0.250 e. The topological polar surface area (TPSA) is 99.9 Å². The Kier molecular flexibility index (Phi) is 8.42. The normalized spacial score (nSPS) is 10.9. The number of benzene rings is 3. The number of hydrogen-bond donors (Lipinski definition) is 1. The van der Waals surface area contributed by atoms with Crippen molar-refractivity contribution in [2.24, 2.45) is 5.10 Å². The molecule has 0 unspecified atom stereocenters. The second-order valence-corrected chi connectivity index (χ2v) is 8.83. The van der Waals surface area contributed by atoms with Crippen LogP contribution in [0.25, 0.3) is 17.1 Å². The lowest BCUT2D eigenvalue weighted by atomic mass is 10.2. The molecule has 0 atom stereocenters. The summed E-state index contributed by atoms with van der Waals surface area (Å²) in [7, 11) is 4.61. The highest BCUT2D eigenvalue weighted by molar-refractivity contribution is 7.99. The van der Waals surface area contributed by atoms with Gasteiger partial charge in [-0.05, 0) is 31.2 Å². The van der Waals surface area contributed by atoms with Crippen molar-refractivity contribution in [2.75, 3.05) is 27.1 Å². The Morgan fingerprint density at radius 1 is 0.973 bits per heavy atom. The number of thioether (sulfide) groups is 1. The van der Waals surface area contributed by atoms with E-state index in [1.165, 1.54) is 39.3 Å². The van der Waals surface area contributed by atoms with Crippen LogP contribution < -0.4 is 19.6 Å². The number of aryl methyl sites for hydroxylation is 1. The van der Waals surface area contributed by atoms with Gasteiger partial charge in [0.25, 0.3) is 5.91 Å². The Bertz CT molecular complexity index is 1360. The van der Waals surface area contributed by atoms with Gasteiger partial charge in [-0.2, -0.15) is 5.10 Å². The molecule has 9 nitrogen and oxygen atoms in total. The van der Waals surface area contributed by atoms with E-state index in [4.69, 9.17) is 14.2 Å². The summed E-state index contributed by atoms with van der Waals surface area (Å²) in [5.41, 5.74) is 6.22. The molecule has 3 aromatic carbocycles. The predicted molar refractivity (Wildman–Crippen MR) is 144 cm³/mol. The van der Waals surface area contributed by atoms with Crippen LogP contribution in [-0.2, 0) is 4.79 Å². The van der Waals surface area contributed by atoms with Crippen LogP contribution in [0, 0.1) is 6.92 Å². The van der Waals surface area contributed by atoms with E-state index in [0.29, 0.717) is 33.8 Å². The van der Waals surface area contributed by atoms with Gasteiger partial charge in [0, 0.05) is 16.8 Å². The van der Waals surface area contributed by atoms with Gasteiger partial charge in [-0.1, -0.05) is 59.8 Å². The van der Waals surface area contributed by atoms with E-state index in [-0.39, 0.29) is 11.7 Å². The van der Waals surface area contributed by atoms with Crippen LogP contribution in [-0.4, -0.2) is 54.0 Å². The Balaban J connectivity index is 1.48. The number of methoxy groups -OCH3 is 3. The highest BCUT2D eigenvalue weighted by Gasteiger charge is 2.17. The Hall–Kier alpha value is -4.31. The van der Waals surface area contributed by atoms with Crippen LogP contribution in [0.15, 0.2) is 77.0 Å². The van der Waals surface area contributed by atoms with Gasteiger partial charge in [-0.25, -0.2) is 5.43 Å². The first-order valence-electron chi connectivity index (χ1n) is 11.4. The van der Waals surface area contributed by atoms with E-state index < -0.39 is 0 Å². The molecule has 10 heteroatoms. The van der Waals surface area contributed by atoms with Crippen LogP contribution in [0.4, 0.5) is 0 Å². The molecule has 1 aromatic heterocycles. The molecule has 4 rings (SSSR count). The van der Waals surface area contributed by atoms with Gasteiger partial charge in [-0.3, -0.25) is 9.36 Å². The molecule has 4 aromatic rings. The highest BCUT2D eigenvalue weighted by Crippen LogP contribution is 2.37. The third kappa shape index (κ3) is 6.10. The van der Waals surface area contributed by atoms with Gasteiger partial charge >= 0.3 is 0 Å². The molecule has 0 aliphatic carbocycles. The summed E-state index contributed by atoms with van der Waals surface area (Å²) in [4.78, 5) is 12.5. The Labute approximate surface area is 219 Å². The minimum Gasteiger partial charge on any atom is -0.493 e. The number of hydrogen-bond acceptors (Lipinski definition) is 8. The van der Waals surface area contributed by atoms with Crippen molar-refractivity contribution in [1.29, 1.82) is 0 Å². The zero-order valence-electron chi connectivity index (χ0n) is 21.0. The van der Waals surface area contributed by atoms with Crippen molar-refractivity contribution in [1.82, 2.24) is 20.2 Å². The standard InChI is InChI=1S/C27H27N5O4S/c1-18-10-12-21(13-11-18)32-26(20-8-6-5-7-9-20)30-31-27(32)37-17-24(33)29-28-16-19-14-22(34-2)25(36-4)23(15-19)35-3/h5-16H,17H2,1-4H3,(H,29,33)/b28-16+. The summed E-state index contributed by atoms with van der Waals surface area (Å²) in [6.45, 7) is 2.03. The minimum absolute atomic E-state index is 0.103. The number of amides is 1. The molecule has 0 saturated carbocycles. The first-order chi connectivity index (χ1) is 18.0. The molecule has 190 valence electrons. The molecule has 1 heterocycles. The number of rotatable bonds is 10. The second-order valence-electron chi connectivity index (χ2n) is 7.88. The van der Waals surface area contributed by atoms with E-state index in [2.05, 4.69) is 20.7 Å². The van der Waals surface area contributed by atoms with Crippen molar-refractivity contribution in [3.05, 3.63) is 77.9 Å². The first-order valence-corrected chi connectivity index (χ1v) is 12.3. The third-order valence-corrected chi connectivity index (χ3v) is 6.31. The van der Waals surface area contributed by atoms with Crippen molar-refractivity contribution in [2.45, 2.75) is 12.1 Å². The molecule has 1 amide bonds. The number of carbonyl (C=O) groups is 1. The molecular formula is C27H27N5O4S. The molecule has 0 fully saturated rings. The fraction of sp³-hybridized carbons (Fsp3) is 0.185. The molecule has 0 saturated heterocycles. The number of nitrogens with one attached hydrogen (secondary N) is 1. The fourth-order valence-electron chi connectivity index (χ4n) is 3.58. The lowest BCUT2D eigenvalue weighted by molar-refractivity contribution is -0.118. The van der Waals surface area contributed by atoms with Crippen molar-refractivity contribution in [3.63, 3.8) is 0 Å². The molecular weight excluding hydrogens is 490 g/mol. The summed E-state index contributed by atoms with van der Waals surface area (Å²) in [5, 5.41) is 13.4. The number of hydrazone groups is 1. The molecule has 0 aliphatic heterocycles. The molecule has 37 heavy (non-hydrogen) atoms. The Morgan fingerprint density at radius 3 is 2.27 bits per heavy atom. The first kappa shape index (κ1) is 25.8. The van der Waals surface area contributed by atoms with E-state index in [1.807, 2.05) is 66.1 Å². The van der Waals surface area contributed by atoms with E-state index in [0.717, 1.165) is 16.8 Å². The van der Waals surface area contributed by atoms with Crippen LogP contribution in [0.5, 0.6) is 17.2 Å². The average Bonchev–Trinajstić information content (AvgIpc) is 3.36. The van der Waals surface area contributed by atoms with Crippen molar-refractivity contribution >= 4 is 23.9 Å². The summed E-state index contributed by atoms with van der Waals surface area (Å²) in [6, 6.07) is 21.4. The van der Waals surface area contributed by atoms with Crippen LogP contribution in [0.2, 0.25) is 0 Å². The number of nitrogens with zero attached hydrogens (tertiary/aromatic N) is 4. The maximum atomic E-state index is 12.5. The van der Waals surface area contributed by atoms with Crippen LogP contribution in [0.3, 0.4) is 0 Å². The molecule has 0 spiro atoms. The predicted octanol–water partition coefficient (Wildman–Crippen LogP) is 4.51. The largest absolute Gasteiger partial charge is 0.493 e. The maximum absolute atomic E-state index is 12.5. The number of aromatic nitrogens is 3. The van der Waals surface area contributed by atoms with Gasteiger partial charge < -0.3 is 14.2 Å². The maximum Gasteiger partial charge on any atom is 0.250 e. The second kappa shape index (κ2) is 12.1. The summed E-state index contributed by atoms with van der Waals surface area (Å²) in [5.74, 6) is 1.99. The van der Waals surface area contributed by atoms with Crippen molar-refractivity contribution < 1.29 is 19.0 Å². The van der Waals surface area contributed by atoms with Gasteiger partial charge in [0.2, 0.25) is 5.75 Å².